The van der Waals surface area contributed by atoms with Crippen LogP contribution in [-0.2, 0) is 6.42 Å². The number of guanidine groups is 1. The van der Waals surface area contributed by atoms with Gasteiger partial charge in [0.15, 0.2) is 5.96 Å². The number of phenolic OH excluding ortho intramolecular Hbond substituents is 1. The van der Waals surface area contributed by atoms with E-state index in [1.54, 1.807) is 19.2 Å². The summed E-state index contributed by atoms with van der Waals surface area (Å²) < 4.78 is 5.49. The molecule has 5 heteroatoms. The monoisotopic (exact) mass is 355 g/mol. The third kappa shape index (κ3) is 5.69. The number of aliphatic imine (C=N–C) groups is 1. The standard InChI is InChI=1S/C21H29N3O2/c1-5-22-21(23-12-11-17-7-6-8-18(25)14-17)24-16(3)19-13-15(2)9-10-20(19)26-4/h6-10,13-14,16,25H,5,11-12H2,1-4H3,(H2,22,23,24). The molecule has 0 fully saturated rings. The lowest BCUT2D eigenvalue weighted by molar-refractivity contribution is 0.405. The number of nitrogens with zero attached hydrogens (tertiary/aromatic N) is 1. The fourth-order valence-electron chi connectivity index (χ4n) is 2.80. The minimum absolute atomic E-state index is 0.0587. The zero-order valence-electron chi connectivity index (χ0n) is 16.0. The van der Waals surface area contributed by atoms with Crippen molar-refractivity contribution in [1.82, 2.24) is 10.6 Å². The summed E-state index contributed by atoms with van der Waals surface area (Å²) >= 11 is 0. The predicted molar refractivity (Wildman–Crippen MR) is 107 cm³/mol. The van der Waals surface area contributed by atoms with Gasteiger partial charge in [-0.05, 0) is 51.0 Å². The van der Waals surface area contributed by atoms with Gasteiger partial charge in [-0.1, -0.05) is 29.8 Å². The van der Waals surface area contributed by atoms with Crippen LogP contribution in [0.15, 0.2) is 47.5 Å². The first kappa shape index (κ1) is 19.6. The van der Waals surface area contributed by atoms with Crippen molar-refractivity contribution < 1.29 is 9.84 Å². The maximum absolute atomic E-state index is 9.55. The van der Waals surface area contributed by atoms with Gasteiger partial charge in [-0.2, -0.15) is 0 Å². The van der Waals surface area contributed by atoms with Crippen LogP contribution in [0.5, 0.6) is 11.5 Å². The Kier molecular flexibility index (Phi) is 7.33. The van der Waals surface area contributed by atoms with Gasteiger partial charge in [0.25, 0.3) is 0 Å². The number of benzene rings is 2. The van der Waals surface area contributed by atoms with Gasteiger partial charge in [0.2, 0.25) is 0 Å². The number of nitrogens with one attached hydrogen (secondary N) is 2. The molecule has 5 nitrogen and oxygen atoms in total. The van der Waals surface area contributed by atoms with E-state index < -0.39 is 0 Å². The molecule has 1 unspecified atom stereocenters. The van der Waals surface area contributed by atoms with Gasteiger partial charge >= 0.3 is 0 Å². The summed E-state index contributed by atoms with van der Waals surface area (Å²) in [4.78, 5) is 4.65. The number of aromatic hydroxyl groups is 1. The molecule has 0 bridgehead atoms. The highest BCUT2D eigenvalue weighted by atomic mass is 16.5. The molecule has 0 aliphatic rings. The Labute approximate surface area is 156 Å². The van der Waals surface area contributed by atoms with E-state index >= 15 is 0 Å². The van der Waals surface area contributed by atoms with Crippen molar-refractivity contribution in [1.29, 1.82) is 0 Å². The van der Waals surface area contributed by atoms with Crippen molar-refractivity contribution >= 4 is 5.96 Å². The van der Waals surface area contributed by atoms with Gasteiger partial charge in [0, 0.05) is 18.7 Å². The third-order valence-corrected chi connectivity index (χ3v) is 4.13. The minimum Gasteiger partial charge on any atom is -0.508 e. The number of hydrogen-bond donors (Lipinski definition) is 3. The van der Waals surface area contributed by atoms with Crippen LogP contribution in [0.3, 0.4) is 0 Å². The lowest BCUT2D eigenvalue weighted by atomic mass is 10.0. The van der Waals surface area contributed by atoms with Crippen molar-refractivity contribution in [2.45, 2.75) is 33.2 Å². The molecule has 0 aliphatic heterocycles. The first-order valence-electron chi connectivity index (χ1n) is 9.00. The molecule has 2 aromatic carbocycles. The fraction of sp³-hybridized carbons (Fsp3) is 0.381. The SMILES string of the molecule is CCNC(=NCCc1cccc(O)c1)NC(C)c1cc(C)ccc1OC. The summed E-state index contributed by atoms with van der Waals surface area (Å²) in [6.45, 7) is 7.64. The average molecular weight is 355 g/mol. The van der Waals surface area contributed by atoms with Gasteiger partial charge in [-0.25, -0.2) is 0 Å². The fourth-order valence-corrected chi connectivity index (χ4v) is 2.80. The van der Waals surface area contributed by atoms with Crippen LogP contribution in [0, 0.1) is 6.92 Å². The van der Waals surface area contributed by atoms with Crippen LogP contribution in [0.2, 0.25) is 0 Å². The van der Waals surface area contributed by atoms with E-state index in [9.17, 15) is 5.11 Å². The normalized spacial score (nSPS) is 12.5. The molecule has 3 N–H and O–H groups in total. The van der Waals surface area contributed by atoms with E-state index in [1.165, 1.54) is 5.56 Å². The average Bonchev–Trinajstić information content (AvgIpc) is 2.62. The minimum atomic E-state index is 0.0587. The molecule has 0 saturated heterocycles. The largest absolute Gasteiger partial charge is 0.508 e. The van der Waals surface area contributed by atoms with E-state index in [4.69, 9.17) is 4.74 Å². The molecule has 0 spiro atoms. The number of methoxy groups -OCH3 is 1. The lowest BCUT2D eigenvalue weighted by Gasteiger charge is -2.20. The smallest absolute Gasteiger partial charge is 0.191 e. The number of phenols is 1. The number of ether oxygens (including phenoxy) is 1. The lowest BCUT2D eigenvalue weighted by Crippen LogP contribution is -2.39. The van der Waals surface area contributed by atoms with Gasteiger partial charge in [0.05, 0.1) is 13.2 Å². The van der Waals surface area contributed by atoms with Crippen molar-refractivity contribution in [3.05, 3.63) is 59.2 Å². The number of rotatable bonds is 7. The first-order chi connectivity index (χ1) is 12.5. The van der Waals surface area contributed by atoms with Gasteiger partial charge in [-0.3, -0.25) is 4.99 Å². The molecule has 26 heavy (non-hydrogen) atoms. The van der Waals surface area contributed by atoms with E-state index in [0.717, 1.165) is 35.8 Å². The highest BCUT2D eigenvalue weighted by Crippen LogP contribution is 2.25. The summed E-state index contributed by atoms with van der Waals surface area (Å²) in [5.74, 6) is 1.92. The molecule has 0 saturated carbocycles. The molecule has 2 aromatic rings. The highest BCUT2D eigenvalue weighted by Gasteiger charge is 2.13. The second-order valence-corrected chi connectivity index (χ2v) is 6.29. The second kappa shape index (κ2) is 9.70. The van der Waals surface area contributed by atoms with Gasteiger partial charge in [0.1, 0.15) is 11.5 Å². The Bertz CT molecular complexity index is 744. The summed E-state index contributed by atoms with van der Waals surface area (Å²) in [5.41, 5.74) is 3.37. The molecule has 0 heterocycles. The number of hydrogen-bond acceptors (Lipinski definition) is 3. The van der Waals surface area contributed by atoms with E-state index in [1.807, 2.05) is 31.2 Å². The summed E-state index contributed by atoms with van der Waals surface area (Å²) in [6, 6.07) is 13.5. The maximum Gasteiger partial charge on any atom is 0.191 e. The molecule has 1 atom stereocenters. The Morgan fingerprint density at radius 3 is 2.73 bits per heavy atom. The van der Waals surface area contributed by atoms with Crippen LogP contribution >= 0.6 is 0 Å². The first-order valence-corrected chi connectivity index (χ1v) is 9.00. The quantitative estimate of drug-likeness (QED) is 0.525. The van der Waals surface area contributed by atoms with E-state index in [2.05, 4.69) is 35.5 Å². The Hall–Kier alpha value is -2.69. The molecule has 140 valence electrons. The van der Waals surface area contributed by atoms with Crippen LogP contribution < -0.4 is 15.4 Å². The zero-order chi connectivity index (χ0) is 18.9. The third-order valence-electron chi connectivity index (χ3n) is 4.13. The van der Waals surface area contributed by atoms with Crippen LogP contribution in [0.1, 0.15) is 36.6 Å². The van der Waals surface area contributed by atoms with E-state index in [-0.39, 0.29) is 11.8 Å². The molecular weight excluding hydrogens is 326 g/mol. The molecule has 0 amide bonds. The second-order valence-electron chi connectivity index (χ2n) is 6.29. The molecule has 0 radical (unpaired) electrons. The summed E-state index contributed by atoms with van der Waals surface area (Å²) in [7, 11) is 1.69. The van der Waals surface area contributed by atoms with Gasteiger partial charge in [-0.15, -0.1) is 0 Å². The molecule has 2 rings (SSSR count). The van der Waals surface area contributed by atoms with Crippen LogP contribution in [0.4, 0.5) is 0 Å². The van der Waals surface area contributed by atoms with E-state index in [0.29, 0.717) is 6.54 Å². The van der Waals surface area contributed by atoms with Crippen LogP contribution in [0.25, 0.3) is 0 Å². The van der Waals surface area contributed by atoms with Crippen molar-refractivity contribution in [2.75, 3.05) is 20.2 Å². The summed E-state index contributed by atoms with van der Waals surface area (Å²) in [5, 5.41) is 16.3. The molecule has 0 aromatic heterocycles. The molecule has 0 aliphatic carbocycles. The maximum atomic E-state index is 9.55. The predicted octanol–water partition coefficient (Wildman–Crippen LogP) is 3.57. The number of aryl methyl sites for hydroxylation is 1. The topological polar surface area (TPSA) is 65.9 Å². The van der Waals surface area contributed by atoms with Crippen molar-refractivity contribution in [3.8, 4) is 11.5 Å². The van der Waals surface area contributed by atoms with Crippen molar-refractivity contribution in [2.24, 2.45) is 4.99 Å². The summed E-state index contributed by atoms with van der Waals surface area (Å²) in [6.07, 6.45) is 0.771. The Morgan fingerprint density at radius 1 is 1.23 bits per heavy atom. The highest BCUT2D eigenvalue weighted by molar-refractivity contribution is 5.80. The molecular formula is C21H29N3O2. The Balaban J connectivity index is 2.05. The van der Waals surface area contributed by atoms with Crippen molar-refractivity contribution in [3.63, 3.8) is 0 Å². The van der Waals surface area contributed by atoms with Crippen LogP contribution in [-0.4, -0.2) is 31.3 Å². The van der Waals surface area contributed by atoms with Gasteiger partial charge < -0.3 is 20.5 Å². The Morgan fingerprint density at radius 2 is 2.04 bits per heavy atom. The zero-order valence-corrected chi connectivity index (χ0v) is 16.0.